The highest BCUT2D eigenvalue weighted by molar-refractivity contribution is 5.95. The Labute approximate surface area is 120 Å². The maximum absolute atomic E-state index is 12.1. The molecule has 0 radical (unpaired) electrons. The van der Waals surface area contributed by atoms with E-state index in [0.717, 1.165) is 5.56 Å². The lowest BCUT2D eigenvalue weighted by molar-refractivity contribution is 0.0948. The average Bonchev–Trinajstić information content (AvgIpc) is 2.92. The van der Waals surface area contributed by atoms with Gasteiger partial charge in [0.1, 0.15) is 5.56 Å². The molecule has 1 aromatic carbocycles. The minimum absolute atomic E-state index is 0.137. The Morgan fingerprint density at radius 1 is 1.29 bits per heavy atom. The molecule has 2 aromatic rings. The van der Waals surface area contributed by atoms with E-state index in [2.05, 4.69) is 10.3 Å². The summed E-state index contributed by atoms with van der Waals surface area (Å²) in [6.45, 7) is 2.25. The predicted molar refractivity (Wildman–Crippen MR) is 75.5 cm³/mol. The van der Waals surface area contributed by atoms with E-state index in [1.54, 1.807) is 19.1 Å². The molecule has 0 saturated carbocycles. The van der Waals surface area contributed by atoms with Gasteiger partial charge in [0.15, 0.2) is 11.5 Å². The lowest BCUT2D eigenvalue weighted by Crippen LogP contribution is -2.30. The van der Waals surface area contributed by atoms with E-state index in [4.69, 9.17) is 9.47 Å². The van der Waals surface area contributed by atoms with Gasteiger partial charge >= 0.3 is 0 Å². The van der Waals surface area contributed by atoms with Gasteiger partial charge in [-0.25, -0.2) is 0 Å². The lowest BCUT2D eigenvalue weighted by Gasteiger charge is -2.07. The maximum Gasteiger partial charge on any atom is 0.261 e. The number of amides is 1. The number of aromatic amines is 1. The standard InChI is InChI=1S/C15H14N2O4/c1-9-4-5-16-14(18)13(9)15(19)17-7-10-2-3-11-12(6-10)21-8-20-11/h2-6H,7-8H2,1H3,(H,16,18)(H,17,19). The summed E-state index contributed by atoms with van der Waals surface area (Å²) in [6, 6.07) is 7.14. The van der Waals surface area contributed by atoms with Crippen LogP contribution in [0.2, 0.25) is 0 Å². The summed E-state index contributed by atoms with van der Waals surface area (Å²) < 4.78 is 10.5. The van der Waals surface area contributed by atoms with E-state index in [9.17, 15) is 9.59 Å². The Morgan fingerprint density at radius 2 is 2.10 bits per heavy atom. The van der Waals surface area contributed by atoms with Crippen molar-refractivity contribution in [3.05, 3.63) is 57.5 Å². The van der Waals surface area contributed by atoms with Gasteiger partial charge in [-0.3, -0.25) is 9.59 Å². The Morgan fingerprint density at radius 3 is 2.90 bits per heavy atom. The molecule has 0 bridgehead atoms. The first-order valence-electron chi connectivity index (χ1n) is 6.50. The molecule has 1 aromatic heterocycles. The second-order valence-corrected chi connectivity index (χ2v) is 4.74. The number of benzene rings is 1. The number of carbonyl (C=O) groups excluding carboxylic acids is 1. The third-order valence-electron chi connectivity index (χ3n) is 3.29. The fourth-order valence-electron chi connectivity index (χ4n) is 2.18. The van der Waals surface area contributed by atoms with E-state index in [0.29, 0.717) is 23.6 Å². The van der Waals surface area contributed by atoms with Crippen LogP contribution in [0, 0.1) is 6.92 Å². The van der Waals surface area contributed by atoms with Crippen LogP contribution >= 0.6 is 0 Å². The maximum atomic E-state index is 12.1. The molecule has 1 aliphatic rings. The highest BCUT2D eigenvalue weighted by atomic mass is 16.7. The first-order valence-corrected chi connectivity index (χ1v) is 6.50. The molecule has 1 aliphatic heterocycles. The van der Waals surface area contributed by atoms with Crippen molar-refractivity contribution in [1.29, 1.82) is 0 Å². The zero-order valence-corrected chi connectivity index (χ0v) is 11.4. The Bertz CT molecular complexity index is 752. The van der Waals surface area contributed by atoms with Gasteiger partial charge in [0.25, 0.3) is 11.5 Å². The molecule has 6 nitrogen and oxygen atoms in total. The summed E-state index contributed by atoms with van der Waals surface area (Å²) in [6.07, 6.45) is 1.52. The van der Waals surface area contributed by atoms with Crippen molar-refractivity contribution in [1.82, 2.24) is 10.3 Å². The molecule has 3 rings (SSSR count). The van der Waals surface area contributed by atoms with E-state index in [1.165, 1.54) is 6.20 Å². The number of rotatable bonds is 3. The van der Waals surface area contributed by atoms with Gasteiger partial charge in [0, 0.05) is 12.7 Å². The van der Waals surface area contributed by atoms with Crippen LogP contribution in [-0.2, 0) is 6.54 Å². The SMILES string of the molecule is Cc1cc[nH]c(=O)c1C(=O)NCc1ccc2c(c1)OCO2. The summed E-state index contributed by atoms with van der Waals surface area (Å²) in [5.41, 5.74) is 1.26. The Balaban J connectivity index is 1.73. The lowest BCUT2D eigenvalue weighted by atomic mass is 10.1. The van der Waals surface area contributed by atoms with Crippen molar-refractivity contribution in [3.63, 3.8) is 0 Å². The van der Waals surface area contributed by atoms with Crippen LogP contribution in [-0.4, -0.2) is 17.7 Å². The smallest absolute Gasteiger partial charge is 0.261 e. The van der Waals surface area contributed by atoms with Crippen molar-refractivity contribution in [2.45, 2.75) is 13.5 Å². The molecule has 2 N–H and O–H groups in total. The second-order valence-electron chi connectivity index (χ2n) is 4.74. The summed E-state index contributed by atoms with van der Waals surface area (Å²) in [5, 5.41) is 2.73. The highest BCUT2D eigenvalue weighted by Crippen LogP contribution is 2.32. The summed E-state index contributed by atoms with van der Waals surface area (Å²) in [5.74, 6) is 0.961. The zero-order valence-electron chi connectivity index (χ0n) is 11.4. The molecular weight excluding hydrogens is 272 g/mol. The number of carbonyl (C=O) groups is 1. The van der Waals surface area contributed by atoms with Crippen LogP contribution in [0.5, 0.6) is 11.5 Å². The number of aryl methyl sites for hydroxylation is 1. The first-order chi connectivity index (χ1) is 10.1. The van der Waals surface area contributed by atoms with E-state index >= 15 is 0 Å². The van der Waals surface area contributed by atoms with Crippen LogP contribution in [0.25, 0.3) is 0 Å². The molecule has 0 saturated heterocycles. The van der Waals surface area contributed by atoms with Crippen molar-refractivity contribution in [2.24, 2.45) is 0 Å². The van der Waals surface area contributed by atoms with Gasteiger partial charge < -0.3 is 19.8 Å². The topological polar surface area (TPSA) is 80.4 Å². The van der Waals surface area contributed by atoms with Crippen LogP contribution < -0.4 is 20.3 Å². The second kappa shape index (κ2) is 5.32. The first kappa shape index (κ1) is 13.2. The summed E-state index contributed by atoms with van der Waals surface area (Å²) in [7, 11) is 0. The normalized spacial score (nSPS) is 12.2. The van der Waals surface area contributed by atoms with Crippen LogP contribution in [0.1, 0.15) is 21.5 Å². The fraction of sp³-hybridized carbons (Fsp3) is 0.200. The van der Waals surface area contributed by atoms with Crippen LogP contribution in [0.3, 0.4) is 0 Å². The molecule has 0 unspecified atom stereocenters. The molecule has 0 aliphatic carbocycles. The van der Waals surface area contributed by atoms with E-state index in [1.807, 2.05) is 12.1 Å². The number of H-pyrrole nitrogens is 1. The molecule has 108 valence electrons. The van der Waals surface area contributed by atoms with Crippen molar-refractivity contribution >= 4 is 5.91 Å². The molecule has 1 amide bonds. The predicted octanol–water partition coefficient (Wildman–Crippen LogP) is 1.34. The number of aromatic nitrogens is 1. The number of nitrogens with one attached hydrogen (secondary N) is 2. The third kappa shape index (κ3) is 2.60. The number of ether oxygens (including phenoxy) is 2. The minimum atomic E-state index is -0.396. The van der Waals surface area contributed by atoms with Crippen molar-refractivity contribution < 1.29 is 14.3 Å². The largest absolute Gasteiger partial charge is 0.454 e. The molecule has 0 atom stereocenters. The summed E-state index contributed by atoms with van der Waals surface area (Å²) in [4.78, 5) is 26.3. The van der Waals surface area contributed by atoms with Gasteiger partial charge in [0.2, 0.25) is 6.79 Å². The fourth-order valence-corrected chi connectivity index (χ4v) is 2.18. The minimum Gasteiger partial charge on any atom is -0.454 e. The molecule has 0 fully saturated rings. The Kier molecular flexibility index (Phi) is 3.35. The average molecular weight is 286 g/mol. The van der Waals surface area contributed by atoms with Crippen LogP contribution in [0.15, 0.2) is 35.3 Å². The van der Waals surface area contributed by atoms with E-state index in [-0.39, 0.29) is 12.4 Å². The zero-order chi connectivity index (χ0) is 14.8. The van der Waals surface area contributed by atoms with Gasteiger partial charge in [-0.1, -0.05) is 6.07 Å². The molecule has 2 heterocycles. The highest BCUT2D eigenvalue weighted by Gasteiger charge is 2.15. The molecule has 0 spiro atoms. The van der Waals surface area contributed by atoms with Crippen molar-refractivity contribution in [3.8, 4) is 11.5 Å². The third-order valence-corrected chi connectivity index (χ3v) is 3.29. The number of hydrogen-bond acceptors (Lipinski definition) is 4. The summed E-state index contributed by atoms with van der Waals surface area (Å²) >= 11 is 0. The molecule has 21 heavy (non-hydrogen) atoms. The van der Waals surface area contributed by atoms with Crippen molar-refractivity contribution in [2.75, 3.05) is 6.79 Å². The number of hydrogen-bond donors (Lipinski definition) is 2. The number of fused-ring (bicyclic) bond motifs is 1. The number of pyridine rings is 1. The van der Waals surface area contributed by atoms with Crippen LogP contribution in [0.4, 0.5) is 0 Å². The monoisotopic (exact) mass is 286 g/mol. The quantitative estimate of drug-likeness (QED) is 0.892. The van der Waals surface area contributed by atoms with Gasteiger partial charge in [-0.05, 0) is 36.2 Å². The molecular formula is C15H14N2O4. The van der Waals surface area contributed by atoms with E-state index < -0.39 is 11.5 Å². The molecule has 6 heteroatoms. The van der Waals surface area contributed by atoms with Gasteiger partial charge in [-0.2, -0.15) is 0 Å². The Hall–Kier alpha value is -2.76. The van der Waals surface area contributed by atoms with Gasteiger partial charge in [0.05, 0.1) is 0 Å². The van der Waals surface area contributed by atoms with Gasteiger partial charge in [-0.15, -0.1) is 0 Å².